The van der Waals surface area contributed by atoms with Crippen molar-refractivity contribution in [3.05, 3.63) is 0 Å². The molecule has 4 aliphatic rings. The average molecular weight is 389 g/mol. The highest BCUT2D eigenvalue weighted by Gasteiger charge is 2.56. The monoisotopic (exact) mass is 388 g/mol. The van der Waals surface area contributed by atoms with Crippen LogP contribution in [0.25, 0.3) is 0 Å². The molecule has 4 saturated carbocycles. The first-order valence-corrected chi connectivity index (χ1v) is 16.2. The molecule has 0 saturated heterocycles. The molecular weight excluding hydrogens is 340 g/mol. The zero-order valence-electron chi connectivity index (χ0n) is 19.0. The first kappa shape index (κ1) is 20.5. The fourth-order valence-corrected chi connectivity index (χ4v) is 14.7. The van der Waals surface area contributed by atoms with Gasteiger partial charge in [0.2, 0.25) is 0 Å². The average Bonchev–Trinajstić information content (AvgIpc) is 3.23. The number of fused-ring (bicyclic) bond motifs is 2. The predicted molar refractivity (Wildman–Crippen MR) is 122 cm³/mol. The van der Waals surface area contributed by atoms with Crippen LogP contribution in [0.1, 0.15) is 104 Å². The molecule has 0 aromatic carbocycles. The van der Waals surface area contributed by atoms with Gasteiger partial charge in [-0.2, -0.15) is 0 Å². The Bertz CT molecular complexity index is 441. The van der Waals surface area contributed by atoms with Crippen LogP contribution in [-0.4, -0.2) is 8.07 Å². The third-order valence-corrected chi connectivity index (χ3v) is 15.5. The van der Waals surface area contributed by atoms with E-state index in [-0.39, 0.29) is 0 Å². The molecule has 4 aliphatic carbocycles. The molecule has 8 unspecified atom stereocenters. The Morgan fingerprint density at radius 3 is 1.33 bits per heavy atom. The van der Waals surface area contributed by atoms with E-state index in [0.717, 1.165) is 35.5 Å². The van der Waals surface area contributed by atoms with Crippen LogP contribution in [0.15, 0.2) is 0 Å². The Hall–Kier alpha value is 0.217. The molecule has 156 valence electrons. The van der Waals surface area contributed by atoms with Gasteiger partial charge in [-0.25, -0.2) is 0 Å². The zero-order valence-corrected chi connectivity index (χ0v) is 20.0. The molecule has 4 rings (SSSR count). The summed E-state index contributed by atoms with van der Waals surface area (Å²) in [5, 5.41) is 0. The summed E-state index contributed by atoms with van der Waals surface area (Å²) in [5.74, 6) is 6.75. The SMILES string of the molecule is CCCC1CC([Si](C)(C)C2CC(CCC)C3CCCCC32)C2CCCCC12. The van der Waals surface area contributed by atoms with E-state index in [0.29, 0.717) is 0 Å². The molecule has 8 atom stereocenters. The van der Waals surface area contributed by atoms with Crippen LogP contribution < -0.4 is 0 Å². The van der Waals surface area contributed by atoms with Gasteiger partial charge in [0.05, 0.1) is 8.07 Å². The molecule has 0 aromatic heterocycles. The molecule has 0 heterocycles. The lowest BCUT2D eigenvalue weighted by Gasteiger charge is -2.45. The van der Waals surface area contributed by atoms with Gasteiger partial charge in [-0.15, -0.1) is 0 Å². The van der Waals surface area contributed by atoms with E-state index < -0.39 is 8.07 Å². The molecular formula is C26H48Si. The maximum atomic E-state index is 2.89. The highest BCUT2D eigenvalue weighted by molar-refractivity contribution is 6.80. The van der Waals surface area contributed by atoms with Crippen LogP contribution in [0.2, 0.25) is 24.2 Å². The molecule has 27 heavy (non-hydrogen) atoms. The van der Waals surface area contributed by atoms with Gasteiger partial charge in [0.1, 0.15) is 0 Å². The maximum Gasteiger partial charge on any atom is 0.0541 e. The summed E-state index contributed by atoms with van der Waals surface area (Å²) in [5.41, 5.74) is 2.35. The second kappa shape index (κ2) is 8.53. The molecule has 1 heteroatoms. The van der Waals surface area contributed by atoms with E-state index >= 15 is 0 Å². The van der Waals surface area contributed by atoms with Gasteiger partial charge in [-0.3, -0.25) is 0 Å². The normalized spacial score (nSPS) is 44.9. The first-order chi connectivity index (χ1) is 13.1. The standard InChI is InChI=1S/C26H48Si/c1-5-11-19-17-25(23-15-9-7-13-21(19)23)27(3,4)26-18-20(12-6-2)22-14-8-10-16-24(22)26/h19-26H,5-18H2,1-4H3. The van der Waals surface area contributed by atoms with Gasteiger partial charge in [-0.05, 0) is 72.3 Å². The van der Waals surface area contributed by atoms with Crippen LogP contribution in [0.3, 0.4) is 0 Å². The van der Waals surface area contributed by atoms with Crippen LogP contribution in [-0.2, 0) is 0 Å². The molecule has 0 amide bonds. The molecule has 0 nitrogen and oxygen atoms in total. The topological polar surface area (TPSA) is 0 Å². The fraction of sp³-hybridized carbons (Fsp3) is 1.00. The first-order valence-electron chi connectivity index (χ1n) is 13.1. The van der Waals surface area contributed by atoms with Crippen molar-refractivity contribution in [2.45, 2.75) is 128 Å². The third kappa shape index (κ3) is 3.73. The quantitative estimate of drug-likeness (QED) is 0.399. The molecule has 0 aliphatic heterocycles. The molecule has 4 fully saturated rings. The smallest absolute Gasteiger partial charge is 0.0541 e. The molecule has 0 radical (unpaired) electrons. The van der Waals surface area contributed by atoms with E-state index in [1.165, 1.54) is 36.8 Å². The summed E-state index contributed by atoms with van der Waals surface area (Å²) in [7, 11) is -1.20. The maximum absolute atomic E-state index is 2.89. The largest absolute Gasteiger partial charge is 0.0689 e. The zero-order chi connectivity index (χ0) is 19.0. The number of hydrogen-bond acceptors (Lipinski definition) is 0. The third-order valence-electron chi connectivity index (χ3n) is 10.3. The van der Waals surface area contributed by atoms with Gasteiger partial charge in [0, 0.05) is 0 Å². The van der Waals surface area contributed by atoms with E-state index in [9.17, 15) is 0 Å². The minimum Gasteiger partial charge on any atom is -0.0689 e. The summed E-state index contributed by atoms with van der Waals surface area (Å²) in [6.45, 7) is 10.7. The number of hydrogen-bond donors (Lipinski definition) is 0. The predicted octanol–water partition coefficient (Wildman–Crippen LogP) is 8.69. The van der Waals surface area contributed by atoms with Gasteiger partial charge in [0.15, 0.2) is 0 Å². The number of rotatable bonds is 6. The van der Waals surface area contributed by atoms with Crippen LogP contribution >= 0.6 is 0 Å². The van der Waals surface area contributed by atoms with Crippen LogP contribution in [0.4, 0.5) is 0 Å². The van der Waals surface area contributed by atoms with Crippen molar-refractivity contribution in [2.24, 2.45) is 35.5 Å². The van der Waals surface area contributed by atoms with Crippen molar-refractivity contribution in [1.29, 1.82) is 0 Å². The highest BCUT2D eigenvalue weighted by atomic mass is 28.3. The van der Waals surface area contributed by atoms with Gasteiger partial charge in [0.25, 0.3) is 0 Å². The minimum atomic E-state index is -1.20. The minimum absolute atomic E-state index is 1.10. The van der Waals surface area contributed by atoms with E-state index in [4.69, 9.17) is 0 Å². The van der Waals surface area contributed by atoms with Crippen molar-refractivity contribution in [1.82, 2.24) is 0 Å². The van der Waals surface area contributed by atoms with Crippen LogP contribution in [0, 0.1) is 35.5 Å². The van der Waals surface area contributed by atoms with Crippen molar-refractivity contribution in [2.75, 3.05) is 0 Å². The van der Waals surface area contributed by atoms with E-state index in [2.05, 4.69) is 26.9 Å². The van der Waals surface area contributed by atoms with Gasteiger partial charge >= 0.3 is 0 Å². The molecule has 0 spiro atoms. The summed E-state index contributed by atoms with van der Waals surface area (Å²) in [4.78, 5) is 0. The summed E-state index contributed by atoms with van der Waals surface area (Å²) in [6, 6.07) is 0. The van der Waals surface area contributed by atoms with Gasteiger partial charge < -0.3 is 0 Å². The molecule has 0 aromatic rings. The summed E-state index contributed by atoms with van der Waals surface area (Å²) in [6.07, 6.45) is 21.8. The van der Waals surface area contributed by atoms with Gasteiger partial charge in [-0.1, -0.05) is 91.1 Å². The molecule has 0 bridgehead atoms. The Kier molecular flexibility index (Phi) is 6.47. The lowest BCUT2D eigenvalue weighted by Crippen LogP contribution is -2.43. The fourth-order valence-electron chi connectivity index (χ4n) is 9.29. The lowest BCUT2D eigenvalue weighted by atomic mass is 9.77. The Morgan fingerprint density at radius 1 is 0.593 bits per heavy atom. The van der Waals surface area contributed by atoms with Crippen molar-refractivity contribution < 1.29 is 0 Å². The highest BCUT2D eigenvalue weighted by Crippen LogP contribution is 2.64. The van der Waals surface area contributed by atoms with Crippen molar-refractivity contribution in [3.8, 4) is 0 Å². The molecule has 0 N–H and O–H groups in total. The lowest BCUT2D eigenvalue weighted by molar-refractivity contribution is 0.214. The Labute approximate surface area is 171 Å². The summed E-state index contributed by atoms with van der Waals surface area (Å²) >= 11 is 0. The van der Waals surface area contributed by atoms with Crippen molar-refractivity contribution in [3.63, 3.8) is 0 Å². The summed E-state index contributed by atoms with van der Waals surface area (Å²) < 4.78 is 0. The van der Waals surface area contributed by atoms with E-state index in [1.807, 2.05) is 0 Å². The van der Waals surface area contributed by atoms with Crippen LogP contribution in [0.5, 0.6) is 0 Å². The second-order valence-electron chi connectivity index (χ2n) is 11.8. The van der Waals surface area contributed by atoms with E-state index in [1.54, 1.807) is 64.2 Å². The second-order valence-corrected chi connectivity index (χ2v) is 17.0. The van der Waals surface area contributed by atoms with Crippen molar-refractivity contribution >= 4 is 8.07 Å². The Balaban J connectivity index is 1.56. The Morgan fingerprint density at radius 2 is 0.963 bits per heavy atom.